The summed E-state index contributed by atoms with van der Waals surface area (Å²) in [7, 11) is 0. The topological polar surface area (TPSA) is 118 Å². The molecular weight excluding hydrogens is 408 g/mol. The highest BCUT2D eigenvalue weighted by Crippen LogP contribution is 2.24. The molecule has 0 unspecified atom stereocenters. The second-order valence-corrected chi connectivity index (χ2v) is 7.26. The number of ether oxygens (including phenoxy) is 1. The zero-order valence-corrected chi connectivity index (χ0v) is 16.5. The fraction of sp³-hybridized carbons (Fsp3) is 0.190. The summed E-state index contributed by atoms with van der Waals surface area (Å²) in [5, 5.41) is 15.2. The number of aliphatic hydroxyl groups is 1. The number of halogens is 1. The molecule has 2 heterocycles. The Morgan fingerprint density at radius 2 is 2.03 bits per heavy atom. The molecule has 4 N–H and O–H groups in total. The van der Waals surface area contributed by atoms with Gasteiger partial charge in [-0.3, -0.25) is 9.59 Å². The molecule has 0 aliphatic carbocycles. The van der Waals surface area contributed by atoms with E-state index in [2.05, 4.69) is 10.3 Å². The lowest BCUT2D eigenvalue weighted by molar-refractivity contribution is -0.150. The summed E-state index contributed by atoms with van der Waals surface area (Å²) >= 11 is 5.90. The lowest BCUT2D eigenvalue weighted by Crippen LogP contribution is -2.55. The van der Waals surface area contributed by atoms with Crippen LogP contribution in [0.2, 0.25) is 5.02 Å². The van der Waals surface area contributed by atoms with Crippen LogP contribution in [0.1, 0.15) is 0 Å². The van der Waals surface area contributed by atoms with Gasteiger partial charge in [0, 0.05) is 34.5 Å². The minimum absolute atomic E-state index is 0.186. The van der Waals surface area contributed by atoms with E-state index in [0.29, 0.717) is 28.8 Å². The molecule has 1 aliphatic rings. The molecule has 30 heavy (non-hydrogen) atoms. The molecular formula is C21H19ClN4O4. The minimum Gasteiger partial charge on any atom is -0.383 e. The van der Waals surface area contributed by atoms with Gasteiger partial charge in [-0.05, 0) is 53.9 Å². The summed E-state index contributed by atoms with van der Waals surface area (Å²) in [5.74, 6) is -0.856. The van der Waals surface area contributed by atoms with Crippen LogP contribution in [0.15, 0.2) is 54.7 Å². The zero-order chi connectivity index (χ0) is 21.3. The van der Waals surface area contributed by atoms with Gasteiger partial charge in [-0.1, -0.05) is 11.6 Å². The van der Waals surface area contributed by atoms with Crippen molar-refractivity contribution in [1.29, 1.82) is 0 Å². The van der Waals surface area contributed by atoms with Crippen LogP contribution in [0.4, 0.5) is 17.2 Å². The van der Waals surface area contributed by atoms with Crippen LogP contribution in [0, 0.1) is 0 Å². The first kappa shape index (κ1) is 20.1. The first-order valence-corrected chi connectivity index (χ1v) is 9.63. The number of rotatable bonds is 4. The number of hydrogen-bond donors (Lipinski definition) is 3. The van der Waals surface area contributed by atoms with E-state index in [9.17, 15) is 14.7 Å². The maximum Gasteiger partial charge on any atom is 0.259 e. The zero-order valence-electron chi connectivity index (χ0n) is 15.8. The number of nitrogen functional groups attached to an aromatic ring is 1. The van der Waals surface area contributed by atoms with Crippen LogP contribution in [0.5, 0.6) is 0 Å². The highest BCUT2D eigenvalue weighted by atomic mass is 35.5. The van der Waals surface area contributed by atoms with Crippen molar-refractivity contribution >= 4 is 51.4 Å². The van der Waals surface area contributed by atoms with Crippen LogP contribution in [-0.4, -0.2) is 47.3 Å². The summed E-state index contributed by atoms with van der Waals surface area (Å²) in [6.07, 6.45) is -1.42. The second kappa shape index (κ2) is 8.27. The van der Waals surface area contributed by atoms with Crippen molar-refractivity contribution in [2.75, 3.05) is 29.1 Å². The number of nitrogens with two attached hydrogens (primary N) is 1. The van der Waals surface area contributed by atoms with Crippen molar-refractivity contribution in [3.05, 3.63) is 59.8 Å². The van der Waals surface area contributed by atoms with E-state index in [0.717, 1.165) is 10.8 Å². The standard InChI is InChI=1S/C21H19ClN4O4/c22-13-1-4-15(5-2-13)26-9-10-30-18(21(26)29)17(27)20(28)25-14-3-6-16-12(11-14)7-8-24-19(16)23/h1-8,11,17-18,27H,9-10H2,(H2,23,24)(H,25,28)/t17-,18-/m1/s1. The van der Waals surface area contributed by atoms with E-state index < -0.39 is 24.0 Å². The Bertz CT molecular complexity index is 1110. The van der Waals surface area contributed by atoms with Gasteiger partial charge in [0.05, 0.1) is 6.61 Å². The maximum absolute atomic E-state index is 12.8. The molecule has 2 aromatic carbocycles. The molecule has 1 fully saturated rings. The molecule has 2 atom stereocenters. The van der Waals surface area contributed by atoms with Gasteiger partial charge in [0.2, 0.25) is 0 Å². The van der Waals surface area contributed by atoms with E-state index in [1.54, 1.807) is 54.7 Å². The molecule has 4 rings (SSSR count). The summed E-state index contributed by atoms with van der Waals surface area (Å²) in [4.78, 5) is 30.9. The maximum atomic E-state index is 12.8. The van der Waals surface area contributed by atoms with Gasteiger partial charge in [0.15, 0.2) is 12.2 Å². The Morgan fingerprint density at radius 1 is 1.27 bits per heavy atom. The number of nitrogens with one attached hydrogen (secondary N) is 1. The molecule has 1 aliphatic heterocycles. The number of morpholine rings is 1. The molecule has 0 spiro atoms. The number of nitrogens with zero attached hydrogens (tertiary/aromatic N) is 2. The third kappa shape index (κ3) is 3.93. The molecule has 154 valence electrons. The van der Waals surface area contributed by atoms with E-state index in [-0.39, 0.29) is 6.61 Å². The quantitative estimate of drug-likeness (QED) is 0.588. The van der Waals surface area contributed by atoms with Crippen LogP contribution in [0.25, 0.3) is 10.8 Å². The average molecular weight is 427 g/mol. The van der Waals surface area contributed by atoms with Crippen LogP contribution in [-0.2, 0) is 14.3 Å². The van der Waals surface area contributed by atoms with Crippen LogP contribution in [0.3, 0.4) is 0 Å². The molecule has 0 bridgehead atoms. The first-order valence-electron chi connectivity index (χ1n) is 9.26. The molecule has 1 saturated heterocycles. The number of pyridine rings is 1. The number of amides is 2. The third-order valence-electron chi connectivity index (χ3n) is 4.88. The Hall–Kier alpha value is -3.20. The molecule has 9 heteroatoms. The predicted octanol–water partition coefficient (Wildman–Crippen LogP) is 2.20. The molecule has 0 saturated carbocycles. The summed E-state index contributed by atoms with van der Waals surface area (Å²) in [5.41, 5.74) is 6.90. The highest BCUT2D eigenvalue weighted by Gasteiger charge is 2.39. The Labute approximate surface area is 177 Å². The van der Waals surface area contributed by atoms with Gasteiger partial charge in [0.1, 0.15) is 5.82 Å². The Kier molecular flexibility index (Phi) is 5.54. The van der Waals surface area contributed by atoms with E-state index in [4.69, 9.17) is 22.1 Å². The second-order valence-electron chi connectivity index (χ2n) is 6.82. The van der Waals surface area contributed by atoms with E-state index in [1.165, 1.54) is 4.90 Å². The molecule has 0 radical (unpaired) electrons. The number of carbonyl (C=O) groups excluding carboxylic acids is 2. The lowest BCUT2D eigenvalue weighted by atomic mass is 10.1. The van der Waals surface area contributed by atoms with Crippen molar-refractivity contribution in [3.63, 3.8) is 0 Å². The Balaban J connectivity index is 1.49. The summed E-state index contributed by atoms with van der Waals surface area (Å²) in [6.45, 7) is 0.497. The normalized spacial score (nSPS) is 17.7. The van der Waals surface area contributed by atoms with Crippen molar-refractivity contribution in [3.8, 4) is 0 Å². The van der Waals surface area contributed by atoms with Gasteiger partial charge in [-0.15, -0.1) is 0 Å². The fourth-order valence-electron chi connectivity index (χ4n) is 3.34. The lowest BCUT2D eigenvalue weighted by Gasteiger charge is -2.34. The third-order valence-corrected chi connectivity index (χ3v) is 5.13. The monoisotopic (exact) mass is 426 g/mol. The van der Waals surface area contributed by atoms with Gasteiger partial charge < -0.3 is 25.8 Å². The predicted molar refractivity (Wildman–Crippen MR) is 114 cm³/mol. The number of carbonyl (C=O) groups is 2. The number of aromatic nitrogens is 1. The van der Waals surface area contributed by atoms with Crippen LogP contribution < -0.4 is 16.0 Å². The average Bonchev–Trinajstić information content (AvgIpc) is 2.74. The largest absolute Gasteiger partial charge is 0.383 e. The molecule has 8 nitrogen and oxygen atoms in total. The number of hydrogen-bond acceptors (Lipinski definition) is 6. The smallest absolute Gasteiger partial charge is 0.259 e. The van der Waals surface area contributed by atoms with Gasteiger partial charge in [-0.25, -0.2) is 4.98 Å². The number of aliphatic hydroxyl groups excluding tert-OH is 1. The molecule has 2 amide bonds. The van der Waals surface area contributed by atoms with Crippen LogP contribution >= 0.6 is 11.6 Å². The van der Waals surface area contributed by atoms with E-state index >= 15 is 0 Å². The van der Waals surface area contributed by atoms with Crippen molar-refractivity contribution in [2.45, 2.75) is 12.2 Å². The minimum atomic E-state index is -1.68. The molecule has 1 aromatic heterocycles. The summed E-state index contributed by atoms with van der Waals surface area (Å²) < 4.78 is 5.42. The highest BCUT2D eigenvalue weighted by molar-refractivity contribution is 6.30. The van der Waals surface area contributed by atoms with E-state index in [1.807, 2.05) is 0 Å². The first-order chi connectivity index (χ1) is 14.4. The van der Waals surface area contributed by atoms with Crippen molar-refractivity contribution in [1.82, 2.24) is 4.98 Å². The number of fused-ring (bicyclic) bond motifs is 1. The number of benzene rings is 2. The Morgan fingerprint density at radius 3 is 2.80 bits per heavy atom. The number of anilines is 3. The molecule has 3 aromatic rings. The van der Waals surface area contributed by atoms with Gasteiger partial charge in [-0.2, -0.15) is 0 Å². The van der Waals surface area contributed by atoms with Crippen molar-refractivity contribution < 1.29 is 19.4 Å². The van der Waals surface area contributed by atoms with Gasteiger partial charge >= 0.3 is 0 Å². The summed E-state index contributed by atoms with van der Waals surface area (Å²) in [6, 6.07) is 13.6. The fourth-order valence-corrected chi connectivity index (χ4v) is 3.47. The van der Waals surface area contributed by atoms with Gasteiger partial charge in [0.25, 0.3) is 11.8 Å². The SMILES string of the molecule is Nc1nccc2cc(NC(=O)[C@H](O)[C@H]3OCCN(c4ccc(Cl)cc4)C3=O)ccc12. The van der Waals surface area contributed by atoms with Crippen molar-refractivity contribution in [2.24, 2.45) is 0 Å².